The molecule has 3 fully saturated rings. The first-order valence-corrected chi connectivity index (χ1v) is 11.6. The first-order valence-electron chi connectivity index (χ1n) is 11.6. The van der Waals surface area contributed by atoms with Gasteiger partial charge in [-0.1, -0.05) is 24.3 Å². The summed E-state index contributed by atoms with van der Waals surface area (Å²) in [6.07, 6.45) is 1.57. The highest BCUT2D eigenvalue weighted by atomic mass is 16.6. The van der Waals surface area contributed by atoms with Gasteiger partial charge < -0.3 is 4.90 Å². The molecule has 174 valence electrons. The van der Waals surface area contributed by atoms with Crippen molar-refractivity contribution in [2.24, 2.45) is 11.8 Å². The summed E-state index contributed by atoms with van der Waals surface area (Å²) in [7, 11) is 0. The summed E-state index contributed by atoms with van der Waals surface area (Å²) in [6.45, 7) is 4.73. The minimum absolute atomic E-state index is 0.158. The first kappa shape index (κ1) is 21.0. The lowest BCUT2D eigenvalue weighted by Crippen LogP contribution is -2.56. The van der Waals surface area contributed by atoms with Crippen molar-refractivity contribution in [2.75, 3.05) is 22.9 Å². The molecule has 4 heterocycles. The number of fused-ring (bicyclic) bond motifs is 7. The Morgan fingerprint density at radius 1 is 1.09 bits per heavy atom. The van der Waals surface area contributed by atoms with Gasteiger partial charge in [0.05, 0.1) is 22.4 Å². The summed E-state index contributed by atoms with van der Waals surface area (Å²) >= 11 is 0. The molecule has 3 saturated heterocycles. The van der Waals surface area contributed by atoms with Crippen molar-refractivity contribution in [3.8, 4) is 0 Å². The number of nitrogens with zero attached hydrogens (tertiary/aromatic N) is 4. The van der Waals surface area contributed by atoms with Crippen LogP contribution in [0.3, 0.4) is 0 Å². The predicted octanol–water partition coefficient (Wildman–Crippen LogP) is 2.75. The van der Waals surface area contributed by atoms with Crippen molar-refractivity contribution in [1.29, 1.82) is 0 Å². The maximum absolute atomic E-state index is 14.1. The van der Waals surface area contributed by atoms with Gasteiger partial charge in [-0.2, -0.15) is 0 Å². The number of amides is 3. The highest BCUT2D eigenvalue weighted by Crippen LogP contribution is 2.61. The van der Waals surface area contributed by atoms with E-state index in [0.717, 1.165) is 29.0 Å². The Hall–Kier alpha value is -3.59. The predicted molar refractivity (Wildman–Crippen MR) is 123 cm³/mol. The molecule has 2 aromatic carbocycles. The second kappa shape index (κ2) is 6.96. The van der Waals surface area contributed by atoms with Gasteiger partial charge in [0.25, 0.3) is 11.6 Å². The molecule has 4 aliphatic rings. The average Bonchev–Trinajstić information content (AvgIpc) is 3.52. The molecule has 0 saturated carbocycles. The number of nitro groups is 1. The van der Waals surface area contributed by atoms with Crippen molar-refractivity contribution < 1.29 is 19.3 Å². The molecular formula is C25H24N4O5. The molecule has 6 rings (SSSR count). The van der Waals surface area contributed by atoms with Gasteiger partial charge in [-0.3, -0.25) is 29.4 Å². The number of carbonyl (C=O) groups excluding carboxylic acids is 3. The van der Waals surface area contributed by atoms with E-state index in [1.165, 1.54) is 12.1 Å². The van der Waals surface area contributed by atoms with E-state index < -0.39 is 28.2 Å². The lowest BCUT2D eigenvalue weighted by atomic mass is 9.75. The second-order valence-electron chi connectivity index (χ2n) is 9.48. The number of likely N-dealkylation sites (N-methyl/N-ethyl adjacent to an activating group) is 1. The number of para-hydroxylation sites is 1. The van der Waals surface area contributed by atoms with Crippen LogP contribution in [0, 0.1) is 28.9 Å². The Bertz CT molecular complexity index is 1290. The van der Waals surface area contributed by atoms with Crippen molar-refractivity contribution in [3.05, 3.63) is 63.7 Å². The molecular weight excluding hydrogens is 436 g/mol. The zero-order valence-electron chi connectivity index (χ0n) is 18.9. The van der Waals surface area contributed by atoms with Crippen LogP contribution in [-0.2, 0) is 19.9 Å². The largest absolute Gasteiger partial charge is 0.310 e. The molecule has 9 heteroatoms. The lowest BCUT2D eigenvalue weighted by Gasteiger charge is -2.37. The van der Waals surface area contributed by atoms with E-state index in [1.54, 1.807) is 17.9 Å². The topological polar surface area (TPSA) is 104 Å². The fourth-order valence-corrected chi connectivity index (χ4v) is 6.84. The van der Waals surface area contributed by atoms with Gasteiger partial charge in [-0.25, -0.2) is 4.90 Å². The monoisotopic (exact) mass is 460 g/mol. The lowest BCUT2D eigenvalue weighted by molar-refractivity contribution is -0.384. The molecule has 9 nitrogen and oxygen atoms in total. The van der Waals surface area contributed by atoms with Crippen LogP contribution < -0.4 is 9.80 Å². The number of non-ortho nitro benzene ring substituents is 1. The van der Waals surface area contributed by atoms with E-state index >= 15 is 0 Å². The van der Waals surface area contributed by atoms with Crippen LogP contribution >= 0.6 is 0 Å². The number of anilines is 2. The molecule has 4 unspecified atom stereocenters. The molecule has 34 heavy (non-hydrogen) atoms. The Morgan fingerprint density at radius 2 is 1.85 bits per heavy atom. The molecule has 0 aliphatic carbocycles. The average molecular weight is 460 g/mol. The highest BCUT2D eigenvalue weighted by molar-refractivity contribution is 6.26. The van der Waals surface area contributed by atoms with Crippen molar-refractivity contribution in [1.82, 2.24) is 4.90 Å². The molecule has 0 N–H and O–H groups in total. The summed E-state index contributed by atoms with van der Waals surface area (Å²) in [6, 6.07) is 11.5. The second-order valence-corrected chi connectivity index (χ2v) is 9.48. The molecule has 0 radical (unpaired) electrons. The van der Waals surface area contributed by atoms with E-state index in [1.807, 2.05) is 31.2 Å². The third-order valence-corrected chi connectivity index (χ3v) is 8.11. The Kier molecular flexibility index (Phi) is 4.29. The Balaban J connectivity index is 1.56. The van der Waals surface area contributed by atoms with Crippen molar-refractivity contribution in [2.45, 2.75) is 38.3 Å². The number of benzene rings is 2. The van der Waals surface area contributed by atoms with Crippen LogP contribution in [0.4, 0.5) is 17.1 Å². The van der Waals surface area contributed by atoms with Crippen molar-refractivity contribution in [3.63, 3.8) is 0 Å². The quantitative estimate of drug-likeness (QED) is 0.396. The van der Waals surface area contributed by atoms with Gasteiger partial charge >= 0.3 is 0 Å². The van der Waals surface area contributed by atoms with Crippen LogP contribution in [0.5, 0.6) is 0 Å². The number of rotatable bonds is 3. The van der Waals surface area contributed by atoms with Gasteiger partial charge in [0.2, 0.25) is 11.8 Å². The summed E-state index contributed by atoms with van der Waals surface area (Å²) in [5, 5.41) is 11.4. The van der Waals surface area contributed by atoms with Gasteiger partial charge in [-0.05, 0) is 44.9 Å². The zero-order valence-corrected chi connectivity index (χ0v) is 18.9. The molecule has 0 aromatic heterocycles. The zero-order chi connectivity index (χ0) is 23.9. The maximum Gasteiger partial charge on any atom is 0.271 e. The molecule has 1 spiro atoms. The van der Waals surface area contributed by atoms with E-state index in [-0.39, 0.29) is 29.2 Å². The summed E-state index contributed by atoms with van der Waals surface area (Å²) in [5.41, 5.74) is 0.970. The number of aryl methyl sites for hydroxylation is 1. The molecule has 2 aromatic rings. The minimum Gasteiger partial charge on any atom is -0.310 e. The maximum atomic E-state index is 14.1. The molecule has 4 aliphatic heterocycles. The summed E-state index contributed by atoms with van der Waals surface area (Å²) in [5.74, 6) is -2.51. The Morgan fingerprint density at radius 3 is 2.59 bits per heavy atom. The summed E-state index contributed by atoms with van der Waals surface area (Å²) in [4.78, 5) is 57.9. The molecule has 0 bridgehead atoms. The van der Waals surface area contributed by atoms with Gasteiger partial charge in [0.15, 0.2) is 0 Å². The molecule has 4 atom stereocenters. The van der Waals surface area contributed by atoms with E-state index in [0.29, 0.717) is 18.7 Å². The number of hydrogen-bond donors (Lipinski definition) is 0. The normalized spacial score (nSPS) is 29.8. The number of nitro benzene ring substituents is 1. The van der Waals surface area contributed by atoms with Crippen LogP contribution in [0.15, 0.2) is 42.5 Å². The smallest absolute Gasteiger partial charge is 0.271 e. The highest BCUT2D eigenvalue weighted by Gasteiger charge is 2.75. The SMILES string of the molecule is CCN1C(=O)C2(c3ccccc31)C1C(=O)N(c3cc([N+](=O)[O-])ccc3C)C(=O)C1C1CCCN12. The summed E-state index contributed by atoms with van der Waals surface area (Å²) < 4.78 is 0. The number of hydrogen-bond acceptors (Lipinski definition) is 6. The fourth-order valence-electron chi connectivity index (χ4n) is 6.84. The van der Waals surface area contributed by atoms with E-state index in [9.17, 15) is 24.5 Å². The minimum atomic E-state index is -1.23. The standard InChI is InChI=1S/C25H24N4O5/c1-3-26-17-8-5-4-7-16(17)25(24(26)32)21-20(18-9-6-12-27(18)25)22(30)28(23(21)31)19-13-15(29(33)34)11-10-14(19)2/h4-5,7-8,10-11,13,18,20-21H,3,6,9,12H2,1-2H3. The van der Waals surface area contributed by atoms with Gasteiger partial charge in [0, 0.05) is 36.0 Å². The third-order valence-electron chi connectivity index (χ3n) is 8.11. The molecule has 3 amide bonds. The van der Waals surface area contributed by atoms with Crippen LogP contribution in [0.25, 0.3) is 0 Å². The number of imide groups is 1. The third kappa shape index (κ3) is 2.30. The van der Waals surface area contributed by atoms with Crippen LogP contribution in [0.1, 0.15) is 30.9 Å². The fraction of sp³-hybridized carbons (Fsp3) is 0.400. The van der Waals surface area contributed by atoms with E-state index in [2.05, 4.69) is 4.90 Å². The number of carbonyl (C=O) groups is 3. The van der Waals surface area contributed by atoms with Crippen LogP contribution in [-0.4, -0.2) is 46.7 Å². The van der Waals surface area contributed by atoms with Crippen molar-refractivity contribution >= 4 is 34.8 Å². The van der Waals surface area contributed by atoms with Gasteiger partial charge in [0.1, 0.15) is 5.54 Å². The first-order chi connectivity index (χ1) is 16.3. The van der Waals surface area contributed by atoms with Gasteiger partial charge in [-0.15, -0.1) is 0 Å². The van der Waals surface area contributed by atoms with E-state index in [4.69, 9.17) is 0 Å². The van der Waals surface area contributed by atoms with Crippen LogP contribution in [0.2, 0.25) is 0 Å². The Labute approximate surface area is 196 Å².